The van der Waals surface area contributed by atoms with Crippen LogP contribution >= 0.6 is 0 Å². The molecule has 2 aromatic heterocycles. The molecule has 0 bridgehead atoms. The Labute approximate surface area is 185 Å². The Bertz CT molecular complexity index is 1040. The number of nitrogens with zero attached hydrogens (tertiary/aromatic N) is 7. The van der Waals surface area contributed by atoms with Gasteiger partial charge in [0.25, 0.3) is 0 Å². The zero-order chi connectivity index (χ0) is 22.3. The van der Waals surface area contributed by atoms with Gasteiger partial charge in [-0.3, -0.25) is 9.78 Å². The Morgan fingerprint density at radius 3 is 2.66 bits per heavy atom. The number of nitrogens with one attached hydrogen (secondary N) is 1. The van der Waals surface area contributed by atoms with Crippen LogP contribution in [0.5, 0.6) is 0 Å². The molecule has 4 heterocycles. The van der Waals surface area contributed by atoms with Gasteiger partial charge in [0.15, 0.2) is 5.82 Å². The summed E-state index contributed by atoms with van der Waals surface area (Å²) in [5.74, 6) is 0.402. The van der Waals surface area contributed by atoms with Crippen LogP contribution in [0, 0.1) is 5.41 Å². The molecule has 1 saturated heterocycles. The summed E-state index contributed by atoms with van der Waals surface area (Å²) >= 11 is 0. The van der Waals surface area contributed by atoms with E-state index in [0.717, 1.165) is 43.5 Å². The van der Waals surface area contributed by atoms with Crippen molar-refractivity contribution in [3.8, 4) is 5.82 Å². The number of rotatable bonds is 5. The topological polar surface area (TPSA) is 128 Å². The van der Waals surface area contributed by atoms with E-state index in [4.69, 9.17) is 4.74 Å². The summed E-state index contributed by atoms with van der Waals surface area (Å²) in [4.78, 5) is 35.8. The summed E-state index contributed by atoms with van der Waals surface area (Å²) < 4.78 is 6.60. The first-order valence-electron chi connectivity index (χ1n) is 10.9. The third-order valence-electron chi connectivity index (χ3n) is 6.96. The number of carbonyl (C=O) groups excluding carboxylic acids is 2. The van der Waals surface area contributed by atoms with E-state index >= 15 is 0 Å². The smallest absolute Gasteiger partial charge is 0.336 e. The molecule has 1 spiro atoms. The second kappa shape index (κ2) is 8.05. The van der Waals surface area contributed by atoms with Crippen LogP contribution < -0.4 is 5.32 Å². The van der Waals surface area contributed by atoms with Crippen molar-refractivity contribution in [2.75, 3.05) is 6.61 Å². The average molecular weight is 438 g/mol. The predicted octanol–water partition coefficient (Wildman–Crippen LogP) is 0.922. The lowest BCUT2D eigenvalue weighted by molar-refractivity contribution is -0.138. The zero-order valence-corrected chi connectivity index (χ0v) is 18.2. The third-order valence-corrected chi connectivity index (χ3v) is 6.96. The van der Waals surface area contributed by atoms with Crippen molar-refractivity contribution in [1.82, 2.24) is 40.4 Å². The molecule has 1 unspecified atom stereocenters. The van der Waals surface area contributed by atoms with Gasteiger partial charge in [0.05, 0.1) is 34.8 Å². The molecule has 11 nitrogen and oxygen atoms in total. The van der Waals surface area contributed by atoms with E-state index in [-0.39, 0.29) is 29.9 Å². The van der Waals surface area contributed by atoms with Gasteiger partial charge in [-0.05, 0) is 56.4 Å². The van der Waals surface area contributed by atoms with Gasteiger partial charge in [-0.1, -0.05) is 0 Å². The number of tetrazole rings is 1. The summed E-state index contributed by atoms with van der Waals surface area (Å²) in [6.07, 6.45) is 9.20. The largest absolute Gasteiger partial charge is 0.456 e. The molecule has 0 radical (unpaired) electrons. The lowest BCUT2D eigenvalue weighted by Crippen LogP contribution is -2.42. The van der Waals surface area contributed by atoms with Crippen molar-refractivity contribution in [3.63, 3.8) is 0 Å². The van der Waals surface area contributed by atoms with E-state index in [9.17, 15) is 9.59 Å². The van der Waals surface area contributed by atoms with Crippen LogP contribution in [-0.4, -0.2) is 65.6 Å². The van der Waals surface area contributed by atoms with Crippen LogP contribution in [0.25, 0.3) is 5.82 Å². The molecule has 2 aliphatic heterocycles. The molecule has 1 amide bonds. The van der Waals surface area contributed by atoms with E-state index in [0.29, 0.717) is 24.0 Å². The van der Waals surface area contributed by atoms with Crippen molar-refractivity contribution in [1.29, 1.82) is 0 Å². The molecule has 1 saturated carbocycles. The van der Waals surface area contributed by atoms with Crippen molar-refractivity contribution in [2.45, 2.75) is 64.6 Å². The molecule has 1 atom stereocenters. The minimum atomic E-state index is -0.330. The highest BCUT2D eigenvalue weighted by molar-refractivity contribution is 5.94. The van der Waals surface area contributed by atoms with Gasteiger partial charge >= 0.3 is 5.97 Å². The van der Waals surface area contributed by atoms with Crippen molar-refractivity contribution in [3.05, 3.63) is 35.7 Å². The Hall–Kier alpha value is -3.21. The van der Waals surface area contributed by atoms with Gasteiger partial charge in [0.1, 0.15) is 12.9 Å². The zero-order valence-electron chi connectivity index (χ0n) is 18.2. The second-order valence-electron chi connectivity index (χ2n) is 8.93. The van der Waals surface area contributed by atoms with Gasteiger partial charge in [-0.15, -0.1) is 5.10 Å². The number of hydrogen-bond acceptors (Lipinski definition) is 9. The van der Waals surface area contributed by atoms with Gasteiger partial charge in [0, 0.05) is 18.6 Å². The highest BCUT2D eigenvalue weighted by Gasteiger charge is 2.53. The van der Waals surface area contributed by atoms with Crippen LogP contribution in [0.1, 0.15) is 51.6 Å². The van der Waals surface area contributed by atoms with Crippen LogP contribution in [0.15, 0.2) is 30.0 Å². The van der Waals surface area contributed by atoms with Gasteiger partial charge < -0.3 is 15.0 Å². The highest BCUT2D eigenvalue weighted by Crippen LogP contribution is 2.49. The van der Waals surface area contributed by atoms with Crippen molar-refractivity contribution >= 4 is 11.9 Å². The molecule has 1 aliphatic carbocycles. The molecule has 5 rings (SSSR count). The number of ether oxygens (including phenoxy) is 1. The molecule has 1 N–H and O–H groups in total. The number of likely N-dealkylation sites (tertiary alicyclic amines) is 1. The van der Waals surface area contributed by atoms with E-state index in [2.05, 4.69) is 37.7 Å². The minimum Gasteiger partial charge on any atom is -0.456 e. The number of cyclic esters (lactones) is 1. The normalized spacial score (nSPS) is 28.1. The quantitative estimate of drug-likeness (QED) is 0.678. The fourth-order valence-electron chi connectivity index (χ4n) is 5.17. The monoisotopic (exact) mass is 438 g/mol. The summed E-state index contributed by atoms with van der Waals surface area (Å²) in [6.45, 7) is 4.63. The molecule has 11 heteroatoms. The third kappa shape index (κ3) is 3.56. The predicted molar refractivity (Wildman–Crippen MR) is 111 cm³/mol. The summed E-state index contributed by atoms with van der Waals surface area (Å²) in [7, 11) is 0. The molecule has 2 fully saturated rings. The van der Waals surface area contributed by atoms with Crippen LogP contribution in [0.3, 0.4) is 0 Å². The summed E-state index contributed by atoms with van der Waals surface area (Å²) in [5, 5.41) is 14.5. The molecular formula is C21H26N8O3. The second-order valence-corrected chi connectivity index (χ2v) is 8.93. The van der Waals surface area contributed by atoms with Crippen molar-refractivity contribution in [2.24, 2.45) is 5.41 Å². The molecule has 32 heavy (non-hydrogen) atoms. The number of esters is 1. The minimum absolute atomic E-state index is 0.0837. The summed E-state index contributed by atoms with van der Waals surface area (Å²) in [6, 6.07) is 0.413. The first kappa shape index (κ1) is 20.7. The fourth-order valence-corrected chi connectivity index (χ4v) is 5.17. The van der Waals surface area contributed by atoms with E-state index in [1.807, 2.05) is 4.90 Å². The Kier molecular flexibility index (Phi) is 5.20. The Morgan fingerprint density at radius 2 is 2.03 bits per heavy atom. The van der Waals surface area contributed by atoms with Crippen LogP contribution in [-0.2, 0) is 20.9 Å². The fraction of sp³-hybridized carbons (Fsp3) is 0.571. The van der Waals surface area contributed by atoms with Crippen LogP contribution in [0.2, 0.25) is 0 Å². The number of hydrogen-bond donors (Lipinski definition) is 1. The molecule has 3 aliphatic rings. The highest BCUT2D eigenvalue weighted by atomic mass is 16.5. The molecule has 168 valence electrons. The van der Waals surface area contributed by atoms with Crippen molar-refractivity contribution < 1.29 is 14.3 Å². The summed E-state index contributed by atoms with van der Waals surface area (Å²) in [5.41, 5.74) is 1.81. The first-order chi connectivity index (χ1) is 15.5. The lowest BCUT2D eigenvalue weighted by Gasteiger charge is -2.36. The standard InChI is InChI=1S/C21H26N8O3/c1-13-7-21(20(31)29(13)17-11-32-19(30)14(17)2)5-3-15(4-6-21)22-8-16-9-24-18(10-23-16)28-12-25-26-27-28/h9-10,12-13,15,22H,3-8,11H2,1-2H3/t13?,15-,21-. The average Bonchev–Trinajstić information content (AvgIpc) is 3.50. The van der Waals surface area contributed by atoms with Crippen LogP contribution in [0.4, 0.5) is 0 Å². The maximum Gasteiger partial charge on any atom is 0.336 e. The molecule has 2 aromatic rings. The number of aromatic nitrogens is 6. The maximum absolute atomic E-state index is 13.4. The SMILES string of the molecule is CC1=C(N2C(=O)[C@]3(CC[C@H](NCc4cnc(-n5cnnn5)cn4)CC3)CC2C)COC1=O. The van der Waals surface area contributed by atoms with Gasteiger partial charge in [-0.2, -0.15) is 4.68 Å². The number of amides is 1. The maximum atomic E-state index is 13.4. The number of carbonyl (C=O) groups is 2. The van der Waals surface area contributed by atoms with Gasteiger partial charge in [0.2, 0.25) is 5.91 Å². The van der Waals surface area contributed by atoms with E-state index < -0.39 is 0 Å². The molecular weight excluding hydrogens is 412 g/mol. The Balaban J connectivity index is 1.17. The van der Waals surface area contributed by atoms with E-state index in [1.54, 1.807) is 19.3 Å². The first-order valence-corrected chi connectivity index (χ1v) is 10.9. The van der Waals surface area contributed by atoms with E-state index in [1.165, 1.54) is 11.0 Å². The lowest BCUT2D eigenvalue weighted by atomic mass is 9.70. The van der Waals surface area contributed by atoms with Gasteiger partial charge in [-0.25, -0.2) is 9.78 Å². The molecule has 0 aromatic carbocycles. The Morgan fingerprint density at radius 1 is 1.22 bits per heavy atom.